The van der Waals surface area contributed by atoms with Crippen LogP contribution in [0.25, 0.3) is 0 Å². The zero-order chi connectivity index (χ0) is 15.6. The lowest BCUT2D eigenvalue weighted by molar-refractivity contribution is -0.137. The Balaban J connectivity index is 2.26. The number of carbonyl (C=O) groups excluding carboxylic acids is 2. The van der Waals surface area contributed by atoms with Gasteiger partial charge in [0.05, 0.1) is 11.3 Å². The molecule has 8 heteroatoms. The van der Waals surface area contributed by atoms with E-state index in [2.05, 4.69) is 5.32 Å². The summed E-state index contributed by atoms with van der Waals surface area (Å²) in [5, 5.41) is 2.49. The van der Waals surface area contributed by atoms with Crippen molar-refractivity contribution in [1.82, 2.24) is 5.32 Å². The van der Waals surface area contributed by atoms with Crippen molar-refractivity contribution in [1.29, 1.82) is 0 Å². The van der Waals surface area contributed by atoms with Crippen molar-refractivity contribution in [2.45, 2.75) is 18.6 Å². The first-order valence-electron chi connectivity index (χ1n) is 6.15. The number of rotatable bonds is 4. The van der Waals surface area contributed by atoms with Gasteiger partial charge in [0.2, 0.25) is 0 Å². The van der Waals surface area contributed by atoms with E-state index in [1.807, 2.05) is 6.26 Å². The van der Waals surface area contributed by atoms with Crippen LogP contribution in [-0.2, 0) is 11.0 Å². The summed E-state index contributed by atoms with van der Waals surface area (Å²) in [6, 6.07) is 2.81. The third-order valence-corrected chi connectivity index (χ3v) is 3.71. The lowest BCUT2D eigenvalue weighted by Crippen LogP contribution is -2.31. The summed E-state index contributed by atoms with van der Waals surface area (Å²) in [6.45, 7) is 0. The maximum Gasteiger partial charge on any atom is 0.416 e. The molecule has 1 aliphatic heterocycles. The number of hydrogen-bond acceptors (Lipinski definition) is 3. The Kier molecular flexibility index (Phi) is 4.46. The molecule has 0 aliphatic carbocycles. The van der Waals surface area contributed by atoms with E-state index in [1.165, 1.54) is 23.9 Å². The van der Waals surface area contributed by atoms with Gasteiger partial charge in [0.1, 0.15) is 6.04 Å². The molecule has 1 saturated heterocycles. The Morgan fingerprint density at radius 1 is 1.33 bits per heavy atom. The predicted molar refractivity (Wildman–Crippen MR) is 74.2 cm³/mol. The molecule has 1 N–H and O–H groups in total. The van der Waals surface area contributed by atoms with E-state index in [-0.39, 0.29) is 5.69 Å². The first-order valence-corrected chi connectivity index (χ1v) is 7.54. The van der Waals surface area contributed by atoms with E-state index in [0.717, 1.165) is 17.0 Å². The minimum atomic E-state index is -4.52. The van der Waals surface area contributed by atoms with Crippen molar-refractivity contribution in [2.75, 3.05) is 16.9 Å². The molecule has 4 nitrogen and oxygen atoms in total. The fourth-order valence-corrected chi connectivity index (χ4v) is 2.50. The third-order valence-electron chi connectivity index (χ3n) is 3.06. The smallest absolute Gasteiger partial charge is 0.325 e. The van der Waals surface area contributed by atoms with Gasteiger partial charge in [-0.2, -0.15) is 24.9 Å². The highest BCUT2D eigenvalue weighted by molar-refractivity contribution is 7.98. The summed E-state index contributed by atoms with van der Waals surface area (Å²) in [4.78, 5) is 24.7. The SMILES string of the molecule is CSCCC1NC(=O)N(c2cccc(C(F)(F)F)c2)C1=O. The van der Waals surface area contributed by atoms with Gasteiger partial charge < -0.3 is 5.32 Å². The van der Waals surface area contributed by atoms with Gasteiger partial charge in [-0.05, 0) is 36.6 Å². The number of nitrogens with one attached hydrogen (secondary N) is 1. The van der Waals surface area contributed by atoms with Crippen LogP contribution in [0.3, 0.4) is 0 Å². The average molecular weight is 318 g/mol. The molecule has 1 fully saturated rings. The molecule has 21 heavy (non-hydrogen) atoms. The summed E-state index contributed by atoms with van der Waals surface area (Å²) in [5.41, 5.74) is -0.966. The van der Waals surface area contributed by atoms with Gasteiger partial charge in [0, 0.05) is 0 Å². The molecule has 1 aromatic carbocycles. The van der Waals surface area contributed by atoms with Crippen molar-refractivity contribution in [3.05, 3.63) is 29.8 Å². The number of alkyl halides is 3. The van der Waals surface area contributed by atoms with Crippen LogP contribution in [0.4, 0.5) is 23.7 Å². The van der Waals surface area contributed by atoms with Gasteiger partial charge in [-0.3, -0.25) is 4.79 Å². The van der Waals surface area contributed by atoms with Gasteiger partial charge in [0.15, 0.2) is 0 Å². The van der Waals surface area contributed by atoms with Gasteiger partial charge in [-0.25, -0.2) is 9.69 Å². The molecule has 0 aromatic heterocycles. The summed E-state index contributed by atoms with van der Waals surface area (Å²) in [6.07, 6.45) is -2.21. The van der Waals surface area contributed by atoms with E-state index >= 15 is 0 Å². The average Bonchev–Trinajstić information content (AvgIpc) is 2.70. The van der Waals surface area contributed by atoms with Crippen LogP contribution in [0.15, 0.2) is 24.3 Å². The second-order valence-electron chi connectivity index (χ2n) is 4.51. The van der Waals surface area contributed by atoms with Gasteiger partial charge in [0.25, 0.3) is 5.91 Å². The number of thioether (sulfide) groups is 1. The molecular weight excluding hydrogens is 305 g/mol. The number of hydrogen-bond donors (Lipinski definition) is 1. The van der Waals surface area contributed by atoms with Crippen molar-refractivity contribution in [3.8, 4) is 0 Å². The lowest BCUT2D eigenvalue weighted by atomic mass is 10.1. The molecule has 0 saturated carbocycles. The second-order valence-corrected chi connectivity index (χ2v) is 5.49. The Hall–Kier alpha value is -1.70. The highest BCUT2D eigenvalue weighted by Crippen LogP contribution is 2.32. The number of nitrogens with zero attached hydrogens (tertiary/aromatic N) is 1. The van der Waals surface area contributed by atoms with Crippen LogP contribution in [-0.4, -0.2) is 30.0 Å². The summed E-state index contributed by atoms with van der Waals surface area (Å²) in [7, 11) is 0. The lowest BCUT2D eigenvalue weighted by Gasteiger charge is -2.15. The first kappa shape index (κ1) is 15.7. The fourth-order valence-electron chi connectivity index (χ4n) is 2.03. The molecule has 3 amide bonds. The number of anilines is 1. The quantitative estimate of drug-likeness (QED) is 0.869. The Labute approximate surface area is 123 Å². The topological polar surface area (TPSA) is 49.4 Å². The number of imide groups is 1. The molecular formula is C13H13F3N2O2S. The first-order chi connectivity index (χ1) is 9.84. The molecule has 0 radical (unpaired) electrons. The van der Waals surface area contributed by atoms with E-state index in [9.17, 15) is 22.8 Å². The fraction of sp³-hybridized carbons (Fsp3) is 0.385. The Bertz CT molecular complexity index is 563. The van der Waals surface area contributed by atoms with E-state index < -0.39 is 29.7 Å². The maximum atomic E-state index is 12.7. The Morgan fingerprint density at radius 2 is 2.05 bits per heavy atom. The van der Waals surface area contributed by atoms with Crippen LogP contribution in [0.5, 0.6) is 0 Å². The monoisotopic (exact) mass is 318 g/mol. The zero-order valence-electron chi connectivity index (χ0n) is 11.1. The summed E-state index contributed by atoms with van der Waals surface area (Å²) >= 11 is 1.52. The van der Waals surface area contributed by atoms with Gasteiger partial charge in [-0.1, -0.05) is 6.07 Å². The number of carbonyl (C=O) groups is 2. The number of urea groups is 1. The van der Waals surface area contributed by atoms with Gasteiger partial charge in [-0.15, -0.1) is 0 Å². The predicted octanol–water partition coefficient (Wildman–Crippen LogP) is 2.88. The molecule has 1 unspecified atom stereocenters. The van der Waals surface area contributed by atoms with E-state index in [0.29, 0.717) is 12.2 Å². The molecule has 1 heterocycles. The van der Waals surface area contributed by atoms with E-state index in [4.69, 9.17) is 0 Å². The van der Waals surface area contributed by atoms with Crippen LogP contribution in [0.2, 0.25) is 0 Å². The zero-order valence-corrected chi connectivity index (χ0v) is 11.9. The standard InChI is InChI=1S/C13H13F3N2O2S/c1-21-6-5-10-11(19)18(12(20)17-10)9-4-2-3-8(7-9)13(14,15)16/h2-4,7,10H,5-6H2,1H3,(H,17,20). The molecule has 1 atom stereocenters. The minimum absolute atomic E-state index is 0.0704. The minimum Gasteiger partial charge on any atom is -0.325 e. The third kappa shape index (κ3) is 3.31. The van der Waals surface area contributed by atoms with Crippen molar-refractivity contribution in [3.63, 3.8) is 0 Å². The molecule has 1 aliphatic rings. The maximum absolute atomic E-state index is 12.7. The van der Waals surface area contributed by atoms with Crippen LogP contribution >= 0.6 is 11.8 Å². The molecule has 2 rings (SSSR count). The normalized spacial score (nSPS) is 19.0. The molecule has 0 bridgehead atoms. The van der Waals surface area contributed by atoms with Crippen LogP contribution in [0, 0.1) is 0 Å². The molecule has 0 spiro atoms. The van der Waals surface area contributed by atoms with Gasteiger partial charge >= 0.3 is 12.2 Å². The largest absolute Gasteiger partial charge is 0.416 e. The van der Waals surface area contributed by atoms with Crippen LogP contribution < -0.4 is 10.2 Å². The summed E-state index contributed by atoms with van der Waals surface area (Å²) < 4.78 is 38.1. The molecule has 1 aromatic rings. The summed E-state index contributed by atoms with van der Waals surface area (Å²) in [5.74, 6) is 0.154. The van der Waals surface area contributed by atoms with E-state index in [1.54, 1.807) is 0 Å². The number of halogens is 3. The number of benzene rings is 1. The van der Waals surface area contributed by atoms with Crippen LogP contribution in [0.1, 0.15) is 12.0 Å². The number of amides is 3. The highest BCUT2D eigenvalue weighted by Gasteiger charge is 2.39. The van der Waals surface area contributed by atoms with Crippen molar-refractivity contribution < 1.29 is 22.8 Å². The Morgan fingerprint density at radius 3 is 2.67 bits per heavy atom. The second kappa shape index (κ2) is 5.97. The van der Waals surface area contributed by atoms with Crippen molar-refractivity contribution >= 4 is 29.4 Å². The highest BCUT2D eigenvalue weighted by atomic mass is 32.2. The molecule has 114 valence electrons. The van der Waals surface area contributed by atoms with Crippen molar-refractivity contribution in [2.24, 2.45) is 0 Å².